The van der Waals surface area contributed by atoms with Crippen molar-refractivity contribution in [3.63, 3.8) is 0 Å². The number of hydrogen-bond acceptors (Lipinski definition) is 3. The molecule has 1 fully saturated rings. The Morgan fingerprint density at radius 2 is 2.29 bits per heavy atom. The fourth-order valence-corrected chi connectivity index (χ4v) is 4.13. The molecule has 0 bridgehead atoms. The third-order valence-corrected chi connectivity index (χ3v) is 6.17. The summed E-state index contributed by atoms with van der Waals surface area (Å²) in [5, 5.41) is 3.48. The van der Waals surface area contributed by atoms with Crippen LogP contribution in [0.1, 0.15) is 30.6 Å². The van der Waals surface area contributed by atoms with Gasteiger partial charge < -0.3 is 10.1 Å². The molecule has 17 heavy (non-hydrogen) atoms. The number of rotatable bonds is 5. The smallest absolute Gasteiger partial charge is 0.0843 e. The largest absolute Gasteiger partial charge is 0.378 e. The first kappa shape index (κ1) is 14.0. The third-order valence-electron chi connectivity index (χ3n) is 2.91. The van der Waals surface area contributed by atoms with Gasteiger partial charge in [0, 0.05) is 22.5 Å². The van der Waals surface area contributed by atoms with E-state index in [9.17, 15) is 0 Å². The topological polar surface area (TPSA) is 21.3 Å². The average Bonchev–Trinajstić information content (AvgIpc) is 2.66. The molecule has 2 rings (SSSR count). The van der Waals surface area contributed by atoms with Crippen LogP contribution in [-0.2, 0) is 11.3 Å². The molecule has 1 saturated heterocycles. The summed E-state index contributed by atoms with van der Waals surface area (Å²) < 4.78 is 8.02. The quantitative estimate of drug-likeness (QED) is 0.765. The third kappa shape index (κ3) is 4.63. The fraction of sp³-hybridized carbons (Fsp3) is 0.667. The van der Waals surface area contributed by atoms with Crippen molar-refractivity contribution in [1.29, 1.82) is 0 Å². The lowest BCUT2D eigenvalue weighted by molar-refractivity contribution is 0.0115. The van der Waals surface area contributed by atoms with Crippen LogP contribution in [0.25, 0.3) is 0 Å². The molecule has 1 unspecified atom stereocenters. The highest BCUT2D eigenvalue weighted by molar-refractivity contribution is 9.13. The normalized spacial score (nSPS) is 20.7. The first-order chi connectivity index (χ1) is 8.25. The lowest BCUT2D eigenvalue weighted by atomic mass is 10.1. The van der Waals surface area contributed by atoms with E-state index in [-0.39, 0.29) is 0 Å². The first-order valence-electron chi connectivity index (χ1n) is 6.02. The van der Waals surface area contributed by atoms with Gasteiger partial charge in [-0.25, -0.2) is 0 Å². The van der Waals surface area contributed by atoms with Crippen LogP contribution in [0, 0.1) is 0 Å². The minimum absolute atomic E-state index is 0.484. The highest BCUT2D eigenvalue weighted by Gasteiger charge is 2.12. The molecule has 1 aliphatic heterocycles. The van der Waals surface area contributed by atoms with Gasteiger partial charge in [-0.05, 0) is 70.2 Å². The molecule has 0 aliphatic carbocycles. The Kier molecular flexibility index (Phi) is 5.96. The molecule has 0 spiro atoms. The highest BCUT2D eigenvalue weighted by Crippen LogP contribution is 2.32. The number of hydrogen-bond donors (Lipinski definition) is 1. The molecule has 1 atom stereocenters. The Morgan fingerprint density at radius 1 is 1.41 bits per heavy atom. The van der Waals surface area contributed by atoms with Crippen LogP contribution in [0.5, 0.6) is 0 Å². The molecular weight excluding hydrogens is 366 g/mol. The summed E-state index contributed by atoms with van der Waals surface area (Å²) in [5.41, 5.74) is 0. The Labute approximate surface area is 123 Å². The van der Waals surface area contributed by atoms with Crippen molar-refractivity contribution in [2.75, 3.05) is 13.2 Å². The molecule has 2 nitrogen and oxygen atoms in total. The van der Waals surface area contributed by atoms with Crippen molar-refractivity contribution in [3.8, 4) is 0 Å². The minimum Gasteiger partial charge on any atom is -0.378 e. The predicted octanol–water partition coefficient (Wildman–Crippen LogP) is 4.32. The Hall–Kier alpha value is 0.580. The zero-order valence-electron chi connectivity index (χ0n) is 9.68. The first-order valence-corrected chi connectivity index (χ1v) is 8.42. The van der Waals surface area contributed by atoms with Crippen LogP contribution in [0.3, 0.4) is 0 Å². The van der Waals surface area contributed by atoms with E-state index in [4.69, 9.17) is 4.74 Å². The van der Waals surface area contributed by atoms with E-state index in [1.54, 1.807) is 11.3 Å². The van der Waals surface area contributed by atoms with Gasteiger partial charge in [0.1, 0.15) is 0 Å². The van der Waals surface area contributed by atoms with Gasteiger partial charge in [-0.2, -0.15) is 0 Å². The molecule has 5 heteroatoms. The van der Waals surface area contributed by atoms with E-state index in [1.807, 2.05) is 0 Å². The summed E-state index contributed by atoms with van der Waals surface area (Å²) >= 11 is 8.79. The van der Waals surface area contributed by atoms with Crippen LogP contribution in [-0.4, -0.2) is 19.3 Å². The van der Waals surface area contributed by atoms with Crippen LogP contribution < -0.4 is 5.32 Å². The summed E-state index contributed by atoms with van der Waals surface area (Å²) in [6.45, 7) is 2.94. The molecular formula is C12H17Br2NOS. The zero-order valence-corrected chi connectivity index (χ0v) is 13.7. The van der Waals surface area contributed by atoms with Crippen molar-refractivity contribution in [3.05, 3.63) is 19.2 Å². The van der Waals surface area contributed by atoms with Crippen molar-refractivity contribution < 1.29 is 4.74 Å². The van der Waals surface area contributed by atoms with Crippen molar-refractivity contribution in [1.82, 2.24) is 5.32 Å². The summed E-state index contributed by atoms with van der Waals surface area (Å²) in [7, 11) is 0. The number of ether oxygens (including phenoxy) is 1. The predicted molar refractivity (Wildman–Crippen MR) is 79.6 cm³/mol. The maximum absolute atomic E-state index is 5.70. The second-order valence-corrected chi connectivity index (χ2v) is 7.60. The molecule has 0 aromatic carbocycles. The lowest BCUT2D eigenvalue weighted by Crippen LogP contribution is -2.24. The molecule has 1 aromatic rings. The van der Waals surface area contributed by atoms with E-state index in [1.165, 1.54) is 27.9 Å². The molecule has 1 aromatic heterocycles. The van der Waals surface area contributed by atoms with Gasteiger partial charge in [0.2, 0.25) is 0 Å². The Balaban J connectivity index is 1.62. The molecule has 0 saturated carbocycles. The van der Waals surface area contributed by atoms with Gasteiger partial charge in [-0.3, -0.25) is 0 Å². The maximum Gasteiger partial charge on any atom is 0.0843 e. The molecule has 0 radical (unpaired) electrons. The SMILES string of the molecule is Brc1cc(CNCCC2CCCCO2)sc1Br. The van der Waals surface area contributed by atoms with Gasteiger partial charge in [0.05, 0.1) is 9.89 Å². The lowest BCUT2D eigenvalue weighted by Gasteiger charge is -2.22. The highest BCUT2D eigenvalue weighted by atomic mass is 79.9. The molecule has 0 amide bonds. The van der Waals surface area contributed by atoms with Crippen LogP contribution in [0.15, 0.2) is 14.3 Å². The van der Waals surface area contributed by atoms with Gasteiger partial charge >= 0.3 is 0 Å². The number of halogens is 2. The zero-order chi connectivity index (χ0) is 12.1. The van der Waals surface area contributed by atoms with E-state index >= 15 is 0 Å². The fourth-order valence-electron chi connectivity index (χ4n) is 1.99. The van der Waals surface area contributed by atoms with Crippen LogP contribution in [0.2, 0.25) is 0 Å². The summed E-state index contributed by atoms with van der Waals surface area (Å²) in [5.74, 6) is 0. The molecule has 1 aliphatic rings. The Morgan fingerprint density at radius 3 is 2.94 bits per heavy atom. The molecule has 96 valence electrons. The summed E-state index contributed by atoms with van der Waals surface area (Å²) in [4.78, 5) is 1.35. The van der Waals surface area contributed by atoms with Gasteiger partial charge in [-0.1, -0.05) is 0 Å². The minimum atomic E-state index is 0.484. The van der Waals surface area contributed by atoms with Crippen LogP contribution >= 0.6 is 43.2 Å². The van der Waals surface area contributed by atoms with Gasteiger partial charge in [0.15, 0.2) is 0 Å². The van der Waals surface area contributed by atoms with Gasteiger partial charge in [-0.15, -0.1) is 11.3 Å². The van der Waals surface area contributed by atoms with E-state index in [0.29, 0.717) is 6.10 Å². The summed E-state index contributed by atoms with van der Waals surface area (Å²) in [6.07, 6.45) is 5.42. The van der Waals surface area contributed by atoms with E-state index in [2.05, 4.69) is 43.2 Å². The molecule has 2 heterocycles. The second-order valence-electron chi connectivity index (χ2n) is 4.29. The average molecular weight is 383 g/mol. The van der Waals surface area contributed by atoms with Crippen molar-refractivity contribution in [2.24, 2.45) is 0 Å². The molecule has 1 N–H and O–H groups in total. The van der Waals surface area contributed by atoms with Crippen molar-refractivity contribution >= 4 is 43.2 Å². The van der Waals surface area contributed by atoms with Crippen LogP contribution in [0.4, 0.5) is 0 Å². The number of thiophene rings is 1. The monoisotopic (exact) mass is 381 g/mol. The second kappa shape index (κ2) is 7.24. The Bertz CT molecular complexity index is 331. The van der Waals surface area contributed by atoms with Gasteiger partial charge in [0.25, 0.3) is 0 Å². The van der Waals surface area contributed by atoms with E-state index in [0.717, 1.165) is 30.6 Å². The standard InChI is InChI=1S/C12H17Br2NOS/c13-11-7-10(17-12(11)14)8-15-5-4-9-3-1-2-6-16-9/h7,9,15H,1-6,8H2. The number of nitrogens with one attached hydrogen (secondary N) is 1. The van der Waals surface area contributed by atoms with Crippen molar-refractivity contribution in [2.45, 2.75) is 38.3 Å². The summed E-state index contributed by atoms with van der Waals surface area (Å²) in [6, 6.07) is 2.17. The van der Waals surface area contributed by atoms with E-state index < -0.39 is 0 Å². The maximum atomic E-state index is 5.70.